The first kappa shape index (κ1) is 11.2. The van der Waals surface area contributed by atoms with E-state index in [0.29, 0.717) is 11.6 Å². The van der Waals surface area contributed by atoms with Crippen molar-refractivity contribution in [2.24, 2.45) is 0 Å². The van der Waals surface area contributed by atoms with Gasteiger partial charge in [-0.05, 0) is 40.0 Å². The van der Waals surface area contributed by atoms with Crippen molar-refractivity contribution in [3.8, 4) is 5.69 Å². The molecule has 6 heteroatoms. The highest BCUT2D eigenvalue weighted by Gasteiger charge is 2.17. The van der Waals surface area contributed by atoms with E-state index in [2.05, 4.69) is 15.5 Å². The molecule has 0 radical (unpaired) electrons. The lowest BCUT2D eigenvalue weighted by Crippen LogP contribution is -1.98. The SMILES string of the molecule is O=C1C=C(Sc2nnnn2-c2ccccc2)CC1. The minimum Gasteiger partial charge on any atom is -0.295 e. The number of benzene rings is 1. The molecule has 0 N–H and O–H groups in total. The van der Waals surface area contributed by atoms with Crippen LogP contribution in [0, 0.1) is 0 Å². The molecule has 0 bridgehead atoms. The summed E-state index contributed by atoms with van der Waals surface area (Å²) in [4.78, 5) is 12.2. The number of rotatable bonds is 3. The Kier molecular flexibility index (Phi) is 2.93. The van der Waals surface area contributed by atoms with Crippen LogP contribution in [0.5, 0.6) is 0 Å². The Morgan fingerprint density at radius 2 is 2.00 bits per heavy atom. The molecule has 0 atom stereocenters. The number of carbonyl (C=O) groups is 1. The number of tetrazole rings is 1. The van der Waals surface area contributed by atoms with Crippen molar-refractivity contribution >= 4 is 17.5 Å². The highest BCUT2D eigenvalue weighted by Crippen LogP contribution is 2.32. The molecule has 3 rings (SSSR count). The Bertz CT molecular complexity index is 606. The molecule has 0 saturated carbocycles. The van der Waals surface area contributed by atoms with E-state index in [0.717, 1.165) is 17.0 Å². The van der Waals surface area contributed by atoms with Crippen molar-refractivity contribution in [3.63, 3.8) is 0 Å². The summed E-state index contributed by atoms with van der Waals surface area (Å²) in [7, 11) is 0. The average molecular weight is 258 g/mol. The number of allylic oxidation sites excluding steroid dienone is 2. The normalized spacial score (nSPS) is 14.9. The van der Waals surface area contributed by atoms with E-state index in [1.54, 1.807) is 10.8 Å². The van der Waals surface area contributed by atoms with E-state index in [9.17, 15) is 4.79 Å². The van der Waals surface area contributed by atoms with E-state index in [4.69, 9.17) is 0 Å². The number of hydrogen-bond acceptors (Lipinski definition) is 5. The van der Waals surface area contributed by atoms with Gasteiger partial charge in [0.05, 0.1) is 5.69 Å². The molecule has 1 aromatic heterocycles. The van der Waals surface area contributed by atoms with E-state index >= 15 is 0 Å². The smallest absolute Gasteiger partial charge is 0.218 e. The Morgan fingerprint density at radius 3 is 2.72 bits per heavy atom. The summed E-state index contributed by atoms with van der Waals surface area (Å²) in [5.74, 6) is 0.177. The summed E-state index contributed by atoms with van der Waals surface area (Å²) >= 11 is 1.45. The maximum absolute atomic E-state index is 11.2. The number of carbonyl (C=O) groups excluding carboxylic acids is 1. The van der Waals surface area contributed by atoms with Gasteiger partial charge in [0.25, 0.3) is 0 Å². The van der Waals surface area contributed by atoms with Gasteiger partial charge < -0.3 is 0 Å². The van der Waals surface area contributed by atoms with Gasteiger partial charge in [0.1, 0.15) is 0 Å². The summed E-state index contributed by atoms with van der Waals surface area (Å²) in [5, 5.41) is 12.3. The zero-order valence-electron chi connectivity index (χ0n) is 9.48. The van der Waals surface area contributed by atoms with E-state index in [1.165, 1.54) is 11.8 Å². The number of thioether (sulfide) groups is 1. The largest absolute Gasteiger partial charge is 0.295 e. The summed E-state index contributed by atoms with van der Waals surface area (Å²) in [6, 6.07) is 9.69. The third-order valence-corrected chi connectivity index (χ3v) is 3.63. The zero-order chi connectivity index (χ0) is 12.4. The van der Waals surface area contributed by atoms with Gasteiger partial charge in [-0.25, -0.2) is 0 Å². The molecule has 0 aliphatic heterocycles. The Labute approximate surface area is 108 Å². The second-order valence-corrected chi connectivity index (χ2v) is 4.98. The summed E-state index contributed by atoms with van der Waals surface area (Å²) < 4.78 is 1.67. The van der Waals surface area contributed by atoms with Gasteiger partial charge in [-0.2, -0.15) is 4.68 Å². The maximum Gasteiger partial charge on any atom is 0.218 e. The molecular weight excluding hydrogens is 248 g/mol. The van der Waals surface area contributed by atoms with E-state index in [1.807, 2.05) is 30.3 Å². The molecule has 1 aliphatic rings. The van der Waals surface area contributed by atoms with Crippen molar-refractivity contribution in [3.05, 3.63) is 41.3 Å². The first-order valence-corrected chi connectivity index (χ1v) is 6.39. The molecule has 1 aliphatic carbocycles. The van der Waals surface area contributed by atoms with Gasteiger partial charge in [0, 0.05) is 6.42 Å². The van der Waals surface area contributed by atoms with Crippen LogP contribution in [0.4, 0.5) is 0 Å². The standard InChI is InChI=1S/C12H10N4OS/c17-10-6-7-11(8-10)18-12-13-14-15-16(12)9-4-2-1-3-5-9/h1-5,8H,6-7H2. The second kappa shape index (κ2) is 4.73. The topological polar surface area (TPSA) is 60.7 Å². The summed E-state index contributed by atoms with van der Waals surface area (Å²) in [6.45, 7) is 0. The fraction of sp³-hybridized carbons (Fsp3) is 0.167. The molecule has 90 valence electrons. The molecule has 1 heterocycles. The Morgan fingerprint density at radius 1 is 1.17 bits per heavy atom. The lowest BCUT2D eigenvalue weighted by Gasteiger charge is -2.03. The predicted octanol–water partition coefficient (Wildman–Crippen LogP) is 2.00. The van der Waals surface area contributed by atoms with Gasteiger partial charge in [-0.1, -0.05) is 30.0 Å². The van der Waals surface area contributed by atoms with Crippen LogP contribution in [0.25, 0.3) is 5.69 Å². The molecule has 0 unspecified atom stereocenters. The molecular formula is C12H10N4OS. The van der Waals surface area contributed by atoms with Gasteiger partial charge >= 0.3 is 0 Å². The van der Waals surface area contributed by atoms with Crippen molar-refractivity contribution in [1.29, 1.82) is 0 Å². The second-order valence-electron chi connectivity index (χ2n) is 3.89. The van der Waals surface area contributed by atoms with E-state index in [-0.39, 0.29) is 5.78 Å². The highest BCUT2D eigenvalue weighted by molar-refractivity contribution is 8.03. The first-order chi connectivity index (χ1) is 8.83. The Hall–Kier alpha value is -1.95. The molecule has 0 amide bonds. The lowest BCUT2D eigenvalue weighted by atomic mass is 10.3. The number of aromatic nitrogens is 4. The van der Waals surface area contributed by atoms with Crippen LogP contribution >= 0.6 is 11.8 Å². The quantitative estimate of drug-likeness (QED) is 0.842. The minimum atomic E-state index is 0.177. The number of nitrogens with zero attached hydrogens (tertiary/aromatic N) is 4. The van der Waals surface area contributed by atoms with Crippen LogP contribution in [0.3, 0.4) is 0 Å². The molecule has 0 saturated heterocycles. The van der Waals surface area contributed by atoms with Gasteiger partial charge in [0.15, 0.2) is 5.78 Å². The van der Waals surface area contributed by atoms with Gasteiger partial charge in [0.2, 0.25) is 5.16 Å². The highest BCUT2D eigenvalue weighted by atomic mass is 32.2. The predicted molar refractivity (Wildman–Crippen MR) is 67.3 cm³/mol. The van der Waals surface area contributed by atoms with Gasteiger partial charge in [-0.3, -0.25) is 4.79 Å². The summed E-state index contributed by atoms with van der Waals surface area (Å²) in [6.07, 6.45) is 3.05. The van der Waals surface area contributed by atoms with Crippen LogP contribution in [0.2, 0.25) is 0 Å². The number of para-hydroxylation sites is 1. The average Bonchev–Trinajstić information content (AvgIpc) is 3.00. The van der Waals surface area contributed by atoms with Crippen molar-refractivity contribution in [2.45, 2.75) is 18.0 Å². The van der Waals surface area contributed by atoms with Crippen LogP contribution < -0.4 is 0 Å². The van der Waals surface area contributed by atoms with Crippen molar-refractivity contribution < 1.29 is 4.79 Å². The monoisotopic (exact) mass is 258 g/mol. The minimum absolute atomic E-state index is 0.177. The number of hydrogen-bond donors (Lipinski definition) is 0. The van der Waals surface area contributed by atoms with Crippen molar-refractivity contribution in [2.75, 3.05) is 0 Å². The molecule has 0 spiro atoms. The maximum atomic E-state index is 11.2. The zero-order valence-corrected chi connectivity index (χ0v) is 10.3. The number of ketones is 1. The van der Waals surface area contributed by atoms with Crippen LogP contribution in [-0.2, 0) is 4.79 Å². The third kappa shape index (κ3) is 2.19. The Balaban J connectivity index is 1.88. The van der Waals surface area contributed by atoms with Crippen LogP contribution in [0.1, 0.15) is 12.8 Å². The van der Waals surface area contributed by atoms with Crippen molar-refractivity contribution in [1.82, 2.24) is 20.2 Å². The molecule has 2 aromatic rings. The molecule has 5 nitrogen and oxygen atoms in total. The van der Waals surface area contributed by atoms with Crippen LogP contribution in [0.15, 0.2) is 46.5 Å². The fourth-order valence-corrected chi connectivity index (χ4v) is 2.68. The first-order valence-electron chi connectivity index (χ1n) is 5.58. The lowest BCUT2D eigenvalue weighted by molar-refractivity contribution is -0.114. The van der Waals surface area contributed by atoms with Crippen LogP contribution in [-0.4, -0.2) is 26.0 Å². The van der Waals surface area contributed by atoms with E-state index < -0.39 is 0 Å². The third-order valence-electron chi connectivity index (χ3n) is 2.60. The van der Waals surface area contributed by atoms with Gasteiger partial charge in [-0.15, -0.1) is 5.10 Å². The molecule has 18 heavy (non-hydrogen) atoms. The fourth-order valence-electron chi connectivity index (χ4n) is 1.74. The molecule has 1 aromatic carbocycles. The molecule has 0 fully saturated rings. The summed E-state index contributed by atoms with van der Waals surface area (Å²) in [5.41, 5.74) is 0.912.